The maximum Gasteiger partial charge on any atom is 0.305 e. The molecule has 0 aliphatic rings. The van der Waals surface area contributed by atoms with Gasteiger partial charge < -0.3 is 20.1 Å². The largest absolute Gasteiger partial charge is 0.469 e. The van der Waals surface area contributed by atoms with Crippen molar-refractivity contribution in [1.29, 1.82) is 0 Å². The Kier molecular flexibility index (Phi) is 11.1. The number of carbonyl (C=O) groups excluding carboxylic acids is 1. The molecule has 6 nitrogen and oxygen atoms in total. The Morgan fingerprint density at radius 1 is 1.12 bits per heavy atom. The number of ether oxygens (including phenoxy) is 2. The van der Waals surface area contributed by atoms with Crippen LogP contribution >= 0.6 is 0 Å². The lowest BCUT2D eigenvalue weighted by Gasteiger charge is -2.14. The molecule has 25 heavy (non-hydrogen) atoms. The van der Waals surface area contributed by atoms with Gasteiger partial charge in [0.25, 0.3) is 0 Å². The van der Waals surface area contributed by atoms with Crippen LogP contribution in [-0.4, -0.2) is 45.8 Å². The van der Waals surface area contributed by atoms with E-state index in [1.54, 1.807) is 7.05 Å². The van der Waals surface area contributed by atoms with E-state index in [1.807, 2.05) is 18.2 Å². The summed E-state index contributed by atoms with van der Waals surface area (Å²) in [7, 11) is 3.16. The number of unbranched alkanes of at least 4 members (excludes halogenated alkanes) is 1. The zero-order valence-corrected chi connectivity index (χ0v) is 15.6. The van der Waals surface area contributed by atoms with Crippen molar-refractivity contribution in [3.63, 3.8) is 0 Å². The summed E-state index contributed by atoms with van der Waals surface area (Å²) in [5.74, 6) is 0.612. The summed E-state index contributed by atoms with van der Waals surface area (Å²) in [4.78, 5) is 15.2. The summed E-state index contributed by atoms with van der Waals surface area (Å²) in [6.07, 6.45) is 3.17. The van der Waals surface area contributed by atoms with Crippen LogP contribution in [0.25, 0.3) is 0 Å². The summed E-state index contributed by atoms with van der Waals surface area (Å²) in [6, 6.07) is 10.2. The molecule has 0 aliphatic heterocycles. The highest BCUT2D eigenvalue weighted by Gasteiger charge is 2.04. The molecule has 1 rings (SSSR count). The first-order valence-electron chi connectivity index (χ1n) is 8.85. The Morgan fingerprint density at radius 2 is 1.80 bits per heavy atom. The lowest BCUT2D eigenvalue weighted by Crippen LogP contribution is -2.38. The Hall–Kier alpha value is -2.08. The van der Waals surface area contributed by atoms with Gasteiger partial charge in [-0.1, -0.05) is 30.3 Å². The van der Waals surface area contributed by atoms with Crippen LogP contribution in [0, 0.1) is 0 Å². The van der Waals surface area contributed by atoms with E-state index in [0.29, 0.717) is 13.0 Å². The van der Waals surface area contributed by atoms with Crippen LogP contribution in [-0.2, 0) is 14.3 Å². The van der Waals surface area contributed by atoms with Crippen molar-refractivity contribution in [1.82, 2.24) is 10.6 Å². The number of benzene rings is 1. The fourth-order valence-electron chi connectivity index (χ4n) is 2.28. The predicted octanol–water partition coefficient (Wildman–Crippen LogP) is 2.66. The minimum atomic E-state index is -0.160. The number of rotatable bonds is 11. The molecule has 6 heteroatoms. The van der Waals surface area contributed by atoms with Gasteiger partial charge in [-0.05, 0) is 31.7 Å². The second-order valence-electron chi connectivity index (χ2n) is 5.74. The molecule has 0 aromatic heterocycles. The van der Waals surface area contributed by atoms with Gasteiger partial charge in [-0.3, -0.25) is 9.79 Å². The highest BCUT2D eigenvalue weighted by Crippen LogP contribution is 2.15. The quantitative estimate of drug-likeness (QED) is 0.278. The number of nitrogens with zero attached hydrogens (tertiary/aromatic N) is 1. The van der Waals surface area contributed by atoms with E-state index >= 15 is 0 Å². The third kappa shape index (κ3) is 9.72. The van der Waals surface area contributed by atoms with Gasteiger partial charge in [-0.25, -0.2) is 0 Å². The number of nitrogens with one attached hydrogen (secondary N) is 2. The van der Waals surface area contributed by atoms with E-state index in [9.17, 15) is 4.79 Å². The van der Waals surface area contributed by atoms with Crippen molar-refractivity contribution >= 4 is 11.9 Å². The Balaban J connectivity index is 2.06. The van der Waals surface area contributed by atoms with E-state index in [1.165, 1.54) is 12.7 Å². The van der Waals surface area contributed by atoms with E-state index in [-0.39, 0.29) is 12.1 Å². The molecule has 0 fully saturated rings. The number of esters is 1. The van der Waals surface area contributed by atoms with E-state index in [4.69, 9.17) is 4.74 Å². The molecule has 0 bridgehead atoms. The Bertz CT molecular complexity index is 506. The predicted molar refractivity (Wildman–Crippen MR) is 101 cm³/mol. The third-order valence-electron chi connectivity index (χ3n) is 3.80. The summed E-state index contributed by atoms with van der Waals surface area (Å²) < 4.78 is 10.5. The molecular weight excluding hydrogens is 318 g/mol. The second-order valence-corrected chi connectivity index (χ2v) is 5.74. The highest BCUT2D eigenvalue weighted by atomic mass is 16.5. The summed E-state index contributed by atoms with van der Waals surface area (Å²) >= 11 is 0. The van der Waals surface area contributed by atoms with Crippen LogP contribution < -0.4 is 10.6 Å². The standard InChI is InChI=1S/C19H31N3O3/c1-16(17-10-5-4-6-11-17)25-15-9-14-22-19(20-2)21-13-8-7-12-18(23)24-3/h4-6,10-11,16H,7-9,12-15H2,1-3H3,(H2,20,21,22). The molecule has 0 spiro atoms. The minimum absolute atomic E-state index is 0.105. The molecule has 1 aromatic rings. The van der Waals surface area contributed by atoms with E-state index in [0.717, 1.165) is 38.3 Å². The van der Waals surface area contributed by atoms with Crippen molar-refractivity contribution in [3.05, 3.63) is 35.9 Å². The molecule has 2 N–H and O–H groups in total. The van der Waals surface area contributed by atoms with Gasteiger partial charge in [0.15, 0.2) is 5.96 Å². The number of hydrogen-bond acceptors (Lipinski definition) is 4. The lowest BCUT2D eigenvalue weighted by atomic mass is 10.1. The van der Waals surface area contributed by atoms with E-state index in [2.05, 4.69) is 39.4 Å². The van der Waals surface area contributed by atoms with Crippen LogP contribution in [0.5, 0.6) is 0 Å². The number of hydrogen-bond donors (Lipinski definition) is 2. The molecule has 1 unspecified atom stereocenters. The highest BCUT2D eigenvalue weighted by molar-refractivity contribution is 5.79. The fraction of sp³-hybridized carbons (Fsp3) is 0.579. The molecule has 0 aliphatic carbocycles. The van der Waals surface area contributed by atoms with Gasteiger partial charge in [-0.15, -0.1) is 0 Å². The summed E-state index contributed by atoms with van der Waals surface area (Å²) in [6.45, 7) is 4.33. The SMILES string of the molecule is CN=C(NCCCCC(=O)OC)NCCCOC(C)c1ccccc1. The smallest absolute Gasteiger partial charge is 0.305 e. The van der Waals surface area contributed by atoms with Crippen molar-refractivity contribution < 1.29 is 14.3 Å². The molecule has 0 radical (unpaired) electrons. The van der Waals surface area contributed by atoms with Gasteiger partial charge in [0.2, 0.25) is 0 Å². The average Bonchev–Trinajstić information content (AvgIpc) is 2.66. The molecular formula is C19H31N3O3. The minimum Gasteiger partial charge on any atom is -0.469 e. The maximum atomic E-state index is 11.0. The van der Waals surface area contributed by atoms with Crippen LogP contribution in [0.15, 0.2) is 35.3 Å². The first-order valence-corrected chi connectivity index (χ1v) is 8.85. The van der Waals surface area contributed by atoms with Crippen LogP contribution in [0.1, 0.15) is 44.3 Å². The monoisotopic (exact) mass is 349 g/mol. The molecule has 0 amide bonds. The van der Waals surface area contributed by atoms with Gasteiger partial charge in [0.05, 0.1) is 13.2 Å². The maximum absolute atomic E-state index is 11.0. The lowest BCUT2D eigenvalue weighted by molar-refractivity contribution is -0.140. The molecule has 140 valence electrons. The third-order valence-corrected chi connectivity index (χ3v) is 3.80. The van der Waals surface area contributed by atoms with Gasteiger partial charge in [0, 0.05) is 33.2 Å². The molecule has 0 saturated carbocycles. The summed E-state index contributed by atoms with van der Waals surface area (Å²) in [5.41, 5.74) is 1.19. The molecule has 0 heterocycles. The van der Waals surface area contributed by atoms with Gasteiger partial charge in [-0.2, -0.15) is 0 Å². The first kappa shape index (κ1) is 21.0. The number of guanidine groups is 1. The topological polar surface area (TPSA) is 72.0 Å². The molecule has 1 atom stereocenters. The van der Waals surface area contributed by atoms with Crippen molar-refractivity contribution in [2.24, 2.45) is 4.99 Å². The number of carbonyl (C=O) groups is 1. The first-order chi connectivity index (χ1) is 12.2. The van der Waals surface area contributed by atoms with Crippen LogP contribution in [0.3, 0.4) is 0 Å². The van der Waals surface area contributed by atoms with Crippen molar-refractivity contribution in [2.75, 3.05) is 33.9 Å². The summed E-state index contributed by atoms with van der Waals surface area (Å²) in [5, 5.41) is 6.49. The Morgan fingerprint density at radius 3 is 2.44 bits per heavy atom. The van der Waals surface area contributed by atoms with E-state index < -0.39 is 0 Å². The fourth-order valence-corrected chi connectivity index (χ4v) is 2.28. The number of methoxy groups -OCH3 is 1. The normalized spacial score (nSPS) is 12.5. The van der Waals surface area contributed by atoms with Crippen molar-refractivity contribution in [3.8, 4) is 0 Å². The van der Waals surface area contributed by atoms with Gasteiger partial charge in [0.1, 0.15) is 0 Å². The zero-order chi connectivity index (χ0) is 18.3. The second kappa shape index (κ2) is 13.2. The van der Waals surface area contributed by atoms with Crippen LogP contribution in [0.4, 0.5) is 0 Å². The number of aliphatic imine (C=N–C) groups is 1. The molecule has 0 saturated heterocycles. The van der Waals surface area contributed by atoms with Gasteiger partial charge >= 0.3 is 5.97 Å². The molecule has 1 aromatic carbocycles. The zero-order valence-electron chi connectivity index (χ0n) is 15.6. The average molecular weight is 349 g/mol. The van der Waals surface area contributed by atoms with Crippen molar-refractivity contribution in [2.45, 2.75) is 38.7 Å². The Labute approximate surface area is 151 Å². The van der Waals surface area contributed by atoms with Crippen LogP contribution in [0.2, 0.25) is 0 Å².